The van der Waals surface area contributed by atoms with Crippen LogP contribution in [0.25, 0.3) is 0 Å². The Morgan fingerprint density at radius 1 is 1.24 bits per heavy atom. The third-order valence-corrected chi connectivity index (χ3v) is 3.49. The van der Waals surface area contributed by atoms with Gasteiger partial charge in [0.15, 0.2) is 0 Å². The molecule has 0 saturated carbocycles. The van der Waals surface area contributed by atoms with Gasteiger partial charge in [-0.15, -0.1) is 0 Å². The minimum atomic E-state index is -0.413. The molecule has 0 fully saturated rings. The Hall–Kier alpha value is -1.58. The maximum absolute atomic E-state index is 13.2. The summed E-state index contributed by atoms with van der Waals surface area (Å²) in [5, 5.41) is 0.125. The standard InChI is InChI=1S/C17H19ClFNO/c1-2-8-21-14-5-3-4-13(11-14)17(20)10-12-6-7-16(19)15(18)9-12/h3-7,9,11,17H,2,8,10,20H2,1H3. The van der Waals surface area contributed by atoms with Gasteiger partial charge in [-0.25, -0.2) is 4.39 Å². The van der Waals surface area contributed by atoms with Crippen molar-refractivity contribution in [2.75, 3.05) is 6.61 Å². The molecule has 0 bridgehead atoms. The number of hydrogen-bond acceptors (Lipinski definition) is 2. The van der Waals surface area contributed by atoms with E-state index in [2.05, 4.69) is 6.92 Å². The van der Waals surface area contributed by atoms with Crippen LogP contribution in [0, 0.1) is 5.82 Å². The van der Waals surface area contributed by atoms with Crippen LogP contribution in [-0.4, -0.2) is 6.61 Å². The normalized spacial score (nSPS) is 12.2. The Bertz CT molecular complexity index is 603. The minimum absolute atomic E-state index is 0.125. The Morgan fingerprint density at radius 2 is 2.05 bits per heavy atom. The van der Waals surface area contributed by atoms with Gasteiger partial charge in [0.2, 0.25) is 0 Å². The van der Waals surface area contributed by atoms with Gasteiger partial charge in [-0.2, -0.15) is 0 Å². The molecule has 0 aromatic heterocycles. The summed E-state index contributed by atoms with van der Waals surface area (Å²) in [5.41, 5.74) is 8.12. The lowest BCUT2D eigenvalue weighted by atomic mass is 9.99. The van der Waals surface area contributed by atoms with E-state index >= 15 is 0 Å². The Kier molecular flexibility index (Phi) is 5.59. The Morgan fingerprint density at radius 3 is 2.76 bits per heavy atom. The molecule has 2 aromatic rings. The van der Waals surface area contributed by atoms with Crippen molar-refractivity contribution in [1.82, 2.24) is 0 Å². The highest BCUT2D eigenvalue weighted by molar-refractivity contribution is 6.30. The molecule has 21 heavy (non-hydrogen) atoms. The third-order valence-electron chi connectivity index (χ3n) is 3.20. The predicted octanol–water partition coefficient (Wildman–Crippen LogP) is 4.51. The van der Waals surface area contributed by atoms with Gasteiger partial charge >= 0.3 is 0 Å². The average Bonchev–Trinajstić information content (AvgIpc) is 2.49. The molecule has 1 atom stereocenters. The molecule has 1 unspecified atom stereocenters. The van der Waals surface area contributed by atoms with E-state index in [0.29, 0.717) is 13.0 Å². The van der Waals surface area contributed by atoms with E-state index in [-0.39, 0.29) is 11.1 Å². The van der Waals surface area contributed by atoms with E-state index < -0.39 is 5.82 Å². The summed E-state index contributed by atoms with van der Waals surface area (Å²) >= 11 is 5.79. The van der Waals surface area contributed by atoms with Crippen LogP contribution in [0.1, 0.15) is 30.5 Å². The zero-order valence-corrected chi connectivity index (χ0v) is 12.7. The van der Waals surface area contributed by atoms with Gasteiger partial charge in [-0.05, 0) is 48.2 Å². The quantitative estimate of drug-likeness (QED) is 0.852. The summed E-state index contributed by atoms with van der Waals surface area (Å²) in [6, 6.07) is 12.3. The topological polar surface area (TPSA) is 35.2 Å². The minimum Gasteiger partial charge on any atom is -0.494 e. The molecule has 0 aliphatic rings. The first kappa shape index (κ1) is 15.8. The fraction of sp³-hybridized carbons (Fsp3) is 0.294. The largest absolute Gasteiger partial charge is 0.494 e. The molecular formula is C17H19ClFNO. The summed E-state index contributed by atoms with van der Waals surface area (Å²) < 4.78 is 18.8. The number of nitrogens with two attached hydrogens (primary N) is 1. The second kappa shape index (κ2) is 7.43. The van der Waals surface area contributed by atoms with Crippen LogP contribution in [0.2, 0.25) is 5.02 Å². The van der Waals surface area contributed by atoms with Gasteiger partial charge in [-0.3, -0.25) is 0 Å². The van der Waals surface area contributed by atoms with Gasteiger partial charge in [0, 0.05) is 6.04 Å². The van der Waals surface area contributed by atoms with Crippen LogP contribution < -0.4 is 10.5 Å². The zero-order chi connectivity index (χ0) is 15.2. The van der Waals surface area contributed by atoms with Crippen molar-refractivity contribution in [3.05, 3.63) is 64.4 Å². The summed E-state index contributed by atoms with van der Waals surface area (Å²) in [6.45, 7) is 2.75. The summed E-state index contributed by atoms with van der Waals surface area (Å²) in [5.74, 6) is 0.408. The Balaban J connectivity index is 2.08. The van der Waals surface area contributed by atoms with E-state index in [9.17, 15) is 4.39 Å². The second-order valence-electron chi connectivity index (χ2n) is 4.98. The highest BCUT2D eigenvalue weighted by Crippen LogP contribution is 2.23. The molecule has 0 aliphatic carbocycles. The molecule has 0 amide bonds. The molecule has 0 radical (unpaired) electrons. The van der Waals surface area contributed by atoms with Gasteiger partial charge in [-0.1, -0.05) is 36.7 Å². The van der Waals surface area contributed by atoms with Crippen LogP contribution in [0.15, 0.2) is 42.5 Å². The molecule has 4 heteroatoms. The maximum Gasteiger partial charge on any atom is 0.141 e. The lowest BCUT2D eigenvalue weighted by Crippen LogP contribution is -2.13. The number of rotatable bonds is 6. The van der Waals surface area contributed by atoms with E-state index in [4.69, 9.17) is 22.1 Å². The van der Waals surface area contributed by atoms with Crippen molar-refractivity contribution >= 4 is 11.6 Å². The molecule has 112 valence electrons. The van der Waals surface area contributed by atoms with E-state index in [1.165, 1.54) is 6.07 Å². The smallest absolute Gasteiger partial charge is 0.141 e. The summed E-state index contributed by atoms with van der Waals surface area (Å²) in [4.78, 5) is 0. The van der Waals surface area contributed by atoms with Crippen LogP contribution in [0.4, 0.5) is 4.39 Å². The van der Waals surface area contributed by atoms with Crippen LogP contribution in [-0.2, 0) is 6.42 Å². The number of halogens is 2. The third kappa shape index (κ3) is 4.45. The highest BCUT2D eigenvalue weighted by Gasteiger charge is 2.10. The van der Waals surface area contributed by atoms with Gasteiger partial charge in [0.05, 0.1) is 11.6 Å². The van der Waals surface area contributed by atoms with Gasteiger partial charge in [0.1, 0.15) is 11.6 Å². The van der Waals surface area contributed by atoms with E-state index in [1.807, 2.05) is 24.3 Å². The molecule has 0 spiro atoms. The number of hydrogen-bond donors (Lipinski definition) is 1. The van der Waals surface area contributed by atoms with E-state index in [1.54, 1.807) is 12.1 Å². The average molecular weight is 308 g/mol. The second-order valence-corrected chi connectivity index (χ2v) is 5.39. The number of ether oxygens (including phenoxy) is 1. The lowest BCUT2D eigenvalue weighted by Gasteiger charge is -2.14. The van der Waals surface area contributed by atoms with Crippen molar-refractivity contribution < 1.29 is 9.13 Å². The van der Waals surface area contributed by atoms with Crippen LogP contribution in [0.5, 0.6) is 5.75 Å². The molecule has 2 aromatic carbocycles. The van der Waals surface area contributed by atoms with Crippen molar-refractivity contribution in [2.24, 2.45) is 5.73 Å². The fourth-order valence-corrected chi connectivity index (χ4v) is 2.30. The van der Waals surface area contributed by atoms with Crippen molar-refractivity contribution in [2.45, 2.75) is 25.8 Å². The first-order valence-electron chi connectivity index (χ1n) is 7.02. The lowest BCUT2D eigenvalue weighted by molar-refractivity contribution is 0.317. The molecule has 0 aliphatic heterocycles. The first-order chi connectivity index (χ1) is 10.1. The van der Waals surface area contributed by atoms with Crippen molar-refractivity contribution in [3.8, 4) is 5.75 Å². The molecule has 2 N–H and O–H groups in total. The van der Waals surface area contributed by atoms with Crippen molar-refractivity contribution in [1.29, 1.82) is 0 Å². The highest BCUT2D eigenvalue weighted by atomic mass is 35.5. The monoisotopic (exact) mass is 307 g/mol. The van der Waals surface area contributed by atoms with E-state index in [0.717, 1.165) is 23.3 Å². The van der Waals surface area contributed by atoms with Gasteiger partial charge in [0.25, 0.3) is 0 Å². The summed E-state index contributed by atoms with van der Waals surface area (Å²) in [7, 11) is 0. The summed E-state index contributed by atoms with van der Waals surface area (Å²) in [6.07, 6.45) is 1.56. The maximum atomic E-state index is 13.2. The SMILES string of the molecule is CCCOc1cccc(C(N)Cc2ccc(F)c(Cl)c2)c1. The predicted molar refractivity (Wildman–Crippen MR) is 84.3 cm³/mol. The fourth-order valence-electron chi connectivity index (χ4n) is 2.09. The first-order valence-corrected chi connectivity index (χ1v) is 7.40. The molecule has 2 nitrogen and oxygen atoms in total. The van der Waals surface area contributed by atoms with Gasteiger partial charge < -0.3 is 10.5 Å². The zero-order valence-electron chi connectivity index (χ0n) is 12.0. The molecule has 2 rings (SSSR count). The Labute approximate surface area is 129 Å². The number of benzene rings is 2. The van der Waals surface area contributed by atoms with Crippen molar-refractivity contribution in [3.63, 3.8) is 0 Å². The molecule has 0 saturated heterocycles. The molecule has 0 heterocycles. The molecular weight excluding hydrogens is 289 g/mol. The van der Waals surface area contributed by atoms with Crippen LogP contribution >= 0.6 is 11.6 Å². The van der Waals surface area contributed by atoms with Crippen LogP contribution in [0.3, 0.4) is 0 Å².